The highest BCUT2D eigenvalue weighted by atomic mass is 35.5. The van der Waals surface area contributed by atoms with Crippen LogP contribution in [-0.4, -0.2) is 33.5 Å². The molecular weight excluding hydrogens is 335 g/mol. The molecule has 23 heavy (non-hydrogen) atoms. The van der Waals surface area contributed by atoms with Crippen LogP contribution in [0.3, 0.4) is 0 Å². The number of rotatable bonds is 4. The third-order valence-electron chi connectivity index (χ3n) is 4.19. The molecule has 0 bridgehead atoms. The molecule has 2 unspecified atom stereocenters. The highest BCUT2D eigenvalue weighted by molar-refractivity contribution is 6.42. The summed E-state index contributed by atoms with van der Waals surface area (Å²) in [6, 6.07) is 8.42. The molecule has 120 valence electrons. The molecule has 2 aromatic rings. The Labute approximate surface area is 144 Å². The van der Waals surface area contributed by atoms with Gasteiger partial charge in [-0.3, -0.25) is 14.7 Å². The zero-order valence-corrected chi connectivity index (χ0v) is 13.8. The Kier molecular flexibility index (Phi) is 4.85. The van der Waals surface area contributed by atoms with Crippen LogP contribution in [0.5, 0.6) is 0 Å². The van der Waals surface area contributed by atoms with E-state index in [9.17, 15) is 9.90 Å². The molecule has 0 saturated carbocycles. The van der Waals surface area contributed by atoms with Crippen molar-refractivity contribution >= 4 is 29.2 Å². The smallest absolute Gasteiger partial charge is 0.320 e. The maximum absolute atomic E-state index is 11.6. The van der Waals surface area contributed by atoms with Crippen molar-refractivity contribution in [3.63, 3.8) is 0 Å². The van der Waals surface area contributed by atoms with E-state index in [-0.39, 0.29) is 6.04 Å². The second-order valence-electron chi connectivity index (χ2n) is 5.57. The van der Waals surface area contributed by atoms with E-state index >= 15 is 0 Å². The first-order valence-electron chi connectivity index (χ1n) is 7.42. The minimum atomic E-state index is -0.811. The van der Waals surface area contributed by atoms with Crippen LogP contribution in [0.15, 0.2) is 42.7 Å². The number of carboxylic acid groups (broad SMARTS) is 1. The van der Waals surface area contributed by atoms with Gasteiger partial charge in [0.15, 0.2) is 0 Å². The summed E-state index contributed by atoms with van der Waals surface area (Å²) in [6.45, 7) is 0.694. The number of carboxylic acids is 1. The number of halogens is 2. The lowest BCUT2D eigenvalue weighted by Crippen LogP contribution is -2.39. The van der Waals surface area contributed by atoms with Crippen molar-refractivity contribution in [3.8, 4) is 0 Å². The molecular formula is C17H16Cl2N2O2. The van der Waals surface area contributed by atoms with Gasteiger partial charge >= 0.3 is 5.97 Å². The maximum Gasteiger partial charge on any atom is 0.320 e. The summed E-state index contributed by atoms with van der Waals surface area (Å²) in [5.74, 6) is -0.811. The third kappa shape index (κ3) is 3.20. The molecule has 1 saturated heterocycles. The minimum absolute atomic E-state index is 0.279. The van der Waals surface area contributed by atoms with Crippen LogP contribution >= 0.6 is 23.2 Å². The van der Waals surface area contributed by atoms with Crippen molar-refractivity contribution in [2.45, 2.75) is 24.9 Å². The SMILES string of the molecule is O=C(O)C1CCCN1C(c1cccnc1)c1cccc(Cl)c1Cl. The molecule has 1 fully saturated rings. The molecule has 1 aliphatic heterocycles. The number of aromatic nitrogens is 1. The zero-order chi connectivity index (χ0) is 16.4. The van der Waals surface area contributed by atoms with Crippen LogP contribution < -0.4 is 0 Å². The number of hydrogen-bond acceptors (Lipinski definition) is 3. The summed E-state index contributed by atoms with van der Waals surface area (Å²) < 4.78 is 0. The Hall–Kier alpha value is -1.62. The van der Waals surface area contributed by atoms with Crippen molar-refractivity contribution in [3.05, 3.63) is 63.9 Å². The number of pyridine rings is 1. The van der Waals surface area contributed by atoms with E-state index in [1.807, 2.05) is 29.2 Å². The van der Waals surface area contributed by atoms with E-state index in [1.165, 1.54) is 0 Å². The Balaban J connectivity index is 2.11. The molecule has 0 radical (unpaired) electrons. The number of nitrogens with zero attached hydrogens (tertiary/aromatic N) is 2. The predicted octanol–water partition coefficient (Wildman–Crippen LogP) is 4.03. The normalized spacial score (nSPS) is 19.7. The number of carbonyl (C=O) groups is 1. The van der Waals surface area contributed by atoms with Crippen molar-refractivity contribution in [2.75, 3.05) is 6.54 Å². The Morgan fingerprint density at radius 1 is 1.30 bits per heavy atom. The molecule has 1 aromatic heterocycles. The van der Waals surface area contributed by atoms with Gasteiger partial charge in [-0.25, -0.2) is 0 Å². The van der Waals surface area contributed by atoms with Crippen LogP contribution in [0, 0.1) is 0 Å². The van der Waals surface area contributed by atoms with Crippen LogP contribution in [0.2, 0.25) is 10.0 Å². The lowest BCUT2D eigenvalue weighted by molar-refractivity contribution is -0.142. The summed E-state index contributed by atoms with van der Waals surface area (Å²) >= 11 is 12.6. The van der Waals surface area contributed by atoms with Gasteiger partial charge in [-0.05, 0) is 36.1 Å². The van der Waals surface area contributed by atoms with E-state index in [4.69, 9.17) is 23.2 Å². The first-order chi connectivity index (χ1) is 11.1. The fraction of sp³-hybridized carbons (Fsp3) is 0.294. The minimum Gasteiger partial charge on any atom is -0.480 e. The van der Waals surface area contributed by atoms with Crippen LogP contribution in [-0.2, 0) is 4.79 Å². The molecule has 2 atom stereocenters. The second-order valence-corrected chi connectivity index (χ2v) is 6.35. The van der Waals surface area contributed by atoms with Crippen LogP contribution in [0.4, 0.5) is 0 Å². The third-order valence-corrected chi connectivity index (χ3v) is 5.02. The highest BCUT2D eigenvalue weighted by Crippen LogP contribution is 2.39. The Morgan fingerprint density at radius 2 is 2.13 bits per heavy atom. The average molecular weight is 351 g/mol. The van der Waals surface area contributed by atoms with Crippen molar-refractivity contribution < 1.29 is 9.90 Å². The van der Waals surface area contributed by atoms with Gasteiger partial charge in [-0.2, -0.15) is 0 Å². The lowest BCUT2D eigenvalue weighted by Gasteiger charge is -2.32. The molecule has 4 nitrogen and oxygen atoms in total. The summed E-state index contributed by atoms with van der Waals surface area (Å²) in [5.41, 5.74) is 1.71. The van der Waals surface area contributed by atoms with Crippen LogP contribution in [0.25, 0.3) is 0 Å². The van der Waals surface area contributed by atoms with E-state index in [2.05, 4.69) is 4.98 Å². The molecule has 2 heterocycles. The molecule has 1 aromatic carbocycles. The van der Waals surface area contributed by atoms with Gasteiger partial charge in [-0.1, -0.05) is 41.4 Å². The highest BCUT2D eigenvalue weighted by Gasteiger charge is 2.37. The summed E-state index contributed by atoms with van der Waals surface area (Å²) in [5, 5.41) is 10.5. The molecule has 3 rings (SSSR count). The average Bonchev–Trinajstić information content (AvgIpc) is 3.02. The lowest BCUT2D eigenvalue weighted by atomic mass is 9.97. The van der Waals surface area contributed by atoms with E-state index in [0.29, 0.717) is 23.0 Å². The first-order valence-corrected chi connectivity index (χ1v) is 8.17. The van der Waals surface area contributed by atoms with Gasteiger partial charge in [0.25, 0.3) is 0 Å². The van der Waals surface area contributed by atoms with Crippen molar-refractivity contribution in [2.24, 2.45) is 0 Å². The number of hydrogen-bond donors (Lipinski definition) is 1. The summed E-state index contributed by atoms with van der Waals surface area (Å²) in [4.78, 5) is 17.8. The van der Waals surface area contributed by atoms with E-state index < -0.39 is 12.0 Å². The number of likely N-dealkylation sites (tertiary alicyclic amines) is 1. The van der Waals surface area contributed by atoms with Gasteiger partial charge in [0.2, 0.25) is 0 Å². The molecule has 1 N–H and O–H groups in total. The number of aliphatic carboxylic acids is 1. The fourth-order valence-corrected chi connectivity index (χ4v) is 3.59. The van der Waals surface area contributed by atoms with E-state index in [0.717, 1.165) is 17.5 Å². The van der Waals surface area contributed by atoms with E-state index in [1.54, 1.807) is 18.5 Å². The molecule has 0 spiro atoms. The topological polar surface area (TPSA) is 53.4 Å². The summed E-state index contributed by atoms with van der Waals surface area (Å²) in [7, 11) is 0. The van der Waals surface area contributed by atoms with Gasteiger partial charge in [0.1, 0.15) is 6.04 Å². The first kappa shape index (κ1) is 16.2. The van der Waals surface area contributed by atoms with Gasteiger partial charge in [-0.15, -0.1) is 0 Å². The second kappa shape index (κ2) is 6.87. The zero-order valence-electron chi connectivity index (χ0n) is 12.3. The molecule has 0 aliphatic carbocycles. The fourth-order valence-electron chi connectivity index (χ4n) is 3.18. The molecule has 1 aliphatic rings. The monoisotopic (exact) mass is 350 g/mol. The van der Waals surface area contributed by atoms with Crippen LogP contribution in [0.1, 0.15) is 30.0 Å². The van der Waals surface area contributed by atoms with Crippen molar-refractivity contribution in [1.82, 2.24) is 9.88 Å². The molecule has 6 heteroatoms. The quantitative estimate of drug-likeness (QED) is 0.904. The van der Waals surface area contributed by atoms with Crippen molar-refractivity contribution in [1.29, 1.82) is 0 Å². The predicted molar refractivity (Wildman–Crippen MR) is 89.9 cm³/mol. The maximum atomic E-state index is 11.6. The van der Waals surface area contributed by atoms with Gasteiger partial charge in [0, 0.05) is 18.9 Å². The standard InChI is InChI=1S/C17H16Cl2N2O2/c18-13-6-1-5-12(15(13)19)16(11-4-2-8-20-10-11)21-9-3-7-14(21)17(22)23/h1-2,4-6,8,10,14,16H,3,7,9H2,(H,22,23). The van der Waals surface area contributed by atoms with Gasteiger partial charge in [0.05, 0.1) is 16.1 Å². The largest absolute Gasteiger partial charge is 0.480 e. The Morgan fingerprint density at radius 3 is 2.83 bits per heavy atom. The Bertz CT molecular complexity index is 709. The van der Waals surface area contributed by atoms with Gasteiger partial charge < -0.3 is 5.11 Å². The molecule has 0 amide bonds. The number of benzene rings is 1. The summed E-state index contributed by atoms with van der Waals surface area (Å²) in [6.07, 6.45) is 4.91.